The number of hydrogen-bond acceptors (Lipinski definition) is 3. The van der Waals surface area contributed by atoms with Crippen LogP contribution in [0, 0.1) is 11.8 Å². The number of fused-ring (bicyclic) bond motifs is 1. The topological polar surface area (TPSA) is 64.2 Å². The first-order valence-corrected chi connectivity index (χ1v) is 9.70. The molecule has 0 saturated carbocycles. The summed E-state index contributed by atoms with van der Waals surface area (Å²) in [5.74, 6) is 6.06. The van der Waals surface area contributed by atoms with Crippen molar-refractivity contribution in [2.75, 3.05) is 5.32 Å². The molecule has 1 amide bonds. The molecule has 5 aromatic rings. The van der Waals surface area contributed by atoms with Crippen LogP contribution in [0.3, 0.4) is 0 Å². The summed E-state index contributed by atoms with van der Waals surface area (Å²) < 4.78 is 3.81. The molecule has 0 radical (unpaired) electrons. The van der Waals surface area contributed by atoms with Crippen LogP contribution in [-0.2, 0) is 0 Å². The van der Waals surface area contributed by atoms with Crippen LogP contribution >= 0.6 is 0 Å². The molecule has 3 aromatic heterocycles. The van der Waals surface area contributed by atoms with Crippen LogP contribution in [0.1, 0.15) is 21.6 Å². The van der Waals surface area contributed by atoms with Gasteiger partial charge < -0.3 is 9.88 Å². The van der Waals surface area contributed by atoms with Crippen LogP contribution in [0.15, 0.2) is 97.8 Å². The molecule has 3 heterocycles. The summed E-state index contributed by atoms with van der Waals surface area (Å²) in [4.78, 5) is 21.2. The fourth-order valence-corrected chi connectivity index (χ4v) is 3.26. The summed E-state index contributed by atoms with van der Waals surface area (Å²) in [5.41, 5.74) is 4.56. The van der Waals surface area contributed by atoms with Crippen LogP contribution in [0.2, 0.25) is 0 Å². The van der Waals surface area contributed by atoms with Crippen molar-refractivity contribution in [2.45, 2.75) is 0 Å². The van der Waals surface area contributed by atoms with Gasteiger partial charge in [-0.05, 0) is 54.5 Å². The fraction of sp³-hybridized carbons (Fsp3) is 0. The Labute approximate surface area is 178 Å². The molecule has 0 aliphatic carbocycles. The van der Waals surface area contributed by atoms with E-state index in [4.69, 9.17) is 0 Å². The molecular weight excluding hydrogens is 386 g/mol. The summed E-state index contributed by atoms with van der Waals surface area (Å²) in [6, 6.07) is 20.7. The standard InChI is InChI=1S/C25H17N5O/c31-25(28-21-7-4-8-22(16-21)29-14-12-26-18-29)20-6-3-5-19(15-20)10-11-23-17-27-24-9-1-2-13-30(23)24/h1-9,12-18H,(H,28,31). The van der Waals surface area contributed by atoms with Gasteiger partial charge in [-0.2, -0.15) is 0 Å². The summed E-state index contributed by atoms with van der Waals surface area (Å²) in [6.45, 7) is 0. The lowest BCUT2D eigenvalue weighted by atomic mass is 10.1. The molecular formula is C25H17N5O. The third kappa shape index (κ3) is 3.93. The predicted molar refractivity (Wildman–Crippen MR) is 119 cm³/mol. The van der Waals surface area contributed by atoms with Crippen molar-refractivity contribution in [3.8, 4) is 17.5 Å². The summed E-state index contributed by atoms with van der Waals surface area (Å²) in [5, 5.41) is 2.95. The Kier molecular flexibility index (Phi) is 4.76. The van der Waals surface area contributed by atoms with Crippen LogP contribution in [0.4, 0.5) is 5.69 Å². The third-order valence-corrected chi connectivity index (χ3v) is 4.78. The number of nitrogens with one attached hydrogen (secondary N) is 1. The second-order valence-electron chi connectivity index (χ2n) is 6.88. The van der Waals surface area contributed by atoms with Crippen molar-refractivity contribution >= 4 is 17.2 Å². The highest BCUT2D eigenvalue weighted by atomic mass is 16.1. The monoisotopic (exact) mass is 403 g/mol. The summed E-state index contributed by atoms with van der Waals surface area (Å²) >= 11 is 0. The molecule has 5 rings (SSSR count). The number of amides is 1. The second-order valence-corrected chi connectivity index (χ2v) is 6.88. The van der Waals surface area contributed by atoms with Crippen LogP contribution in [0.25, 0.3) is 11.3 Å². The van der Waals surface area contributed by atoms with Crippen molar-refractivity contribution in [2.24, 2.45) is 0 Å². The van der Waals surface area contributed by atoms with Gasteiger partial charge >= 0.3 is 0 Å². The van der Waals surface area contributed by atoms with Crippen molar-refractivity contribution in [3.05, 3.63) is 115 Å². The van der Waals surface area contributed by atoms with E-state index < -0.39 is 0 Å². The molecule has 148 valence electrons. The number of hydrogen-bond donors (Lipinski definition) is 1. The molecule has 0 aliphatic rings. The average molecular weight is 403 g/mol. The van der Waals surface area contributed by atoms with Crippen LogP contribution < -0.4 is 5.32 Å². The van der Waals surface area contributed by atoms with Gasteiger partial charge in [0.1, 0.15) is 11.3 Å². The Hall–Kier alpha value is -4.63. The molecule has 2 aromatic carbocycles. The molecule has 0 spiro atoms. The fourth-order valence-electron chi connectivity index (χ4n) is 3.26. The molecule has 0 atom stereocenters. The number of anilines is 1. The van der Waals surface area contributed by atoms with Crippen LogP contribution in [-0.4, -0.2) is 24.8 Å². The van der Waals surface area contributed by atoms with Gasteiger partial charge in [-0.25, -0.2) is 9.97 Å². The Morgan fingerprint density at radius 1 is 0.935 bits per heavy atom. The minimum atomic E-state index is -0.193. The number of nitrogens with zero attached hydrogens (tertiary/aromatic N) is 4. The van der Waals surface area contributed by atoms with Gasteiger partial charge in [0, 0.05) is 41.1 Å². The number of rotatable bonds is 3. The molecule has 0 saturated heterocycles. The number of carbonyl (C=O) groups is 1. The van der Waals surface area contributed by atoms with Crippen molar-refractivity contribution < 1.29 is 4.79 Å². The van der Waals surface area contributed by atoms with E-state index in [0.29, 0.717) is 11.3 Å². The summed E-state index contributed by atoms with van der Waals surface area (Å²) in [6.07, 6.45) is 8.95. The van der Waals surface area contributed by atoms with E-state index in [0.717, 1.165) is 22.6 Å². The maximum Gasteiger partial charge on any atom is 0.255 e. The normalized spacial score (nSPS) is 10.5. The number of pyridine rings is 1. The average Bonchev–Trinajstić information content (AvgIpc) is 3.49. The highest BCUT2D eigenvalue weighted by Gasteiger charge is 2.07. The van der Waals surface area contributed by atoms with Gasteiger partial charge in [-0.1, -0.05) is 24.1 Å². The number of benzene rings is 2. The van der Waals surface area contributed by atoms with E-state index >= 15 is 0 Å². The first-order valence-electron chi connectivity index (χ1n) is 9.70. The van der Waals surface area contributed by atoms with Gasteiger partial charge in [0.05, 0.1) is 12.5 Å². The Balaban J connectivity index is 1.36. The SMILES string of the molecule is O=C(Nc1cccc(-n2ccnc2)c1)c1cccc(C#Cc2cnc3ccccn23)c1. The third-order valence-electron chi connectivity index (χ3n) is 4.78. The molecule has 0 unspecified atom stereocenters. The van der Waals surface area contributed by atoms with E-state index in [-0.39, 0.29) is 5.91 Å². The zero-order valence-corrected chi connectivity index (χ0v) is 16.4. The Morgan fingerprint density at radius 2 is 1.87 bits per heavy atom. The van der Waals surface area contributed by atoms with E-state index in [9.17, 15) is 4.79 Å². The summed E-state index contributed by atoms with van der Waals surface area (Å²) in [7, 11) is 0. The van der Waals surface area contributed by atoms with Gasteiger partial charge in [-0.15, -0.1) is 0 Å². The largest absolute Gasteiger partial charge is 0.322 e. The molecule has 0 aliphatic heterocycles. The molecule has 31 heavy (non-hydrogen) atoms. The van der Waals surface area contributed by atoms with Crippen LogP contribution in [0.5, 0.6) is 0 Å². The van der Waals surface area contributed by atoms with E-state index in [1.165, 1.54) is 0 Å². The minimum absolute atomic E-state index is 0.193. The van der Waals surface area contributed by atoms with Gasteiger partial charge in [0.2, 0.25) is 0 Å². The number of imidazole rings is 2. The van der Waals surface area contributed by atoms with E-state index in [1.54, 1.807) is 30.9 Å². The van der Waals surface area contributed by atoms with Crippen molar-refractivity contribution in [1.29, 1.82) is 0 Å². The lowest BCUT2D eigenvalue weighted by Crippen LogP contribution is -2.12. The number of aromatic nitrogens is 4. The van der Waals surface area contributed by atoms with Crippen molar-refractivity contribution in [3.63, 3.8) is 0 Å². The van der Waals surface area contributed by atoms with Gasteiger partial charge in [0.15, 0.2) is 0 Å². The first-order chi connectivity index (χ1) is 15.3. The first kappa shape index (κ1) is 18.4. The Morgan fingerprint density at radius 3 is 2.77 bits per heavy atom. The molecule has 0 fully saturated rings. The lowest BCUT2D eigenvalue weighted by Gasteiger charge is -2.08. The maximum atomic E-state index is 12.8. The maximum absolute atomic E-state index is 12.8. The van der Waals surface area contributed by atoms with E-state index in [2.05, 4.69) is 27.1 Å². The highest BCUT2D eigenvalue weighted by Crippen LogP contribution is 2.16. The number of carbonyl (C=O) groups excluding carboxylic acids is 1. The van der Waals surface area contributed by atoms with Gasteiger partial charge in [0.25, 0.3) is 5.91 Å². The molecule has 6 heteroatoms. The highest BCUT2D eigenvalue weighted by molar-refractivity contribution is 6.04. The smallest absolute Gasteiger partial charge is 0.255 e. The molecule has 1 N–H and O–H groups in total. The van der Waals surface area contributed by atoms with Gasteiger partial charge in [-0.3, -0.25) is 9.20 Å². The molecule has 6 nitrogen and oxygen atoms in total. The quantitative estimate of drug-likeness (QED) is 0.460. The second kappa shape index (κ2) is 8.01. The van der Waals surface area contributed by atoms with E-state index in [1.807, 2.05) is 76.0 Å². The predicted octanol–water partition coefficient (Wildman–Crippen LogP) is 4.17. The van der Waals surface area contributed by atoms with Crippen molar-refractivity contribution in [1.82, 2.24) is 18.9 Å². The minimum Gasteiger partial charge on any atom is -0.322 e. The zero-order valence-electron chi connectivity index (χ0n) is 16.4. The molecule has 0 bridgehead atoms. The zero-order chi connectivity index (χ0) is 21.0. The lowest BCUT2D eigenvalue weighted by molar-refractivity contribution is 0.102. The Bertz CT molecular complexity index is 1440.